The average Bonchev–Trinajstić information content (AvgIpc) is 3.12. The number of hydrogen-bond donors (Lipinski definition) is 2. The second-order valence-electron chi connectivity index (χ2n) is 7.02. The minimum Gasteiger partial charge on any atom is -0.399 e. The topological polar surface area (TPSA) is 72.9 Å². The molecule has 0 saturated heterocycles. The molecule has 2 heterocycles. The van der Waals surface area contributed by atoms with Crippen molar-refractivity contribution in [2.45, 2.75) is 38.6 Å². The summed E-state index contributed by atoms with van der Waals surface area (Å²) in [6.07, 6.45) is 6.67. The third kappa shape index (κ3) is 4.03. The zero-order valence-electron chi connectivity index (χ0n) is 15.3. The van der Waals surface area contributed by atoms with E-state index < -0.39 is 0 Å². The molecule has 4 rings (SSSR count). The molecule has 3 aromatic rings. The number of rotatable bonds is 5. The lowest BCUT2D eigenvalue weighted by atomic mass is 10.1. The number of nitrogen functional groups attached to an aromatic ring is 1. The van der Waals surface area contributed by atoms with Crippen molar-refractivity contribution in [2.75, 3.05) is 11.1 Å². The molecule has 0 fully saturated rings. The molecular weight excluding hydrogens is 336 g/mol. The van der Waals surface area contributed by atoms with Crippen molar-refractivity contribution in [1.82, 2.24) is 9.55 Å². The van der Waals surface area contributed by atoms with Crippen LogP contribution in [0.3, 0.4) is 0 Å². The zero-order chi connectivity index (χ0) is 18.6. The van der Waals surface area contributed by atoms with E-state index in [9.17, 15) is 4.79 Å². The first-order valence-electron chi connectivity index (χ1n) is 9.49. The summed E-state index contributed by atoms with van der Waals surface area (Å²) in [5.41, 5.74) is 10.5. The van der Waals surface area contributed by atoms with Crippen LogP contribution in [-0.4, -0.2) is 15.5 Å². The maximum Gasteiger partial charge on any atom is 0.224 e. The van der Waals surface area contributed by atoms with Gasteiger partial charge in [0.05, 0.1) is 5.69 Å². The van der Waals surface area contributed by atoms with E-state index in [0.29, 0.717) is 12.8 Å². The van der Waals surface area contributed by atoms with Gasteiger partial charge < -0.3 is 15.6 Å². The standard InChI is InChI=1S/C22H24N4O/c23-19-6-2-1-5-16(19)10-13-22(27)24-18-11-8-17(9-12-18)20-15-26-14-4-3-7-21(26)25-20/h1-2,5-6,8-9,11-12,15H,3-4,7,10,13-14,23H2,(H,24,27). The number of anilines is 2. The van der Waals surface area contributed by atoms with Gasteiger partial charge in [-0.15, -0.1) is 0 Å². The Morgan fingerprint density at radius 3 is 2.70 bits per heavy atom. The highest BCUT2D eigenvalue weighted by Crippen LogP contribution is 2.24. The molecule has 3 N–H and O–H groups in total. The Morgan fingerprint density at radius 1 is 1.11 bits per heavy atom. The third-order valence-corrected chi connectivity index (χ3v) is 5.05. The van der Waals surface area contributed by atoms with Crippen LogP contribution in [0.2, 0.25) is 0 Å². The van der Waals surface area contributed by atoms with Crippen LogP contribution in [0.4, 0.5) is 11.4 Å². The van der Waals surface area contributed by atoms with E-state index in [1.54, 1.807) is 0 Å². The molecule has 138 valence electrons. The van der Waals surface area contributed by atoms with Crippen LogP contribution in [0.5, 0.6) is 0 Å². The van der Waals surface area contributed by atoms with E-state index in [0.717, 1.165) is 41.2 Å². The average molecular weight is 360 g/mol. The normalized spacial score (nSPS) is 13.2. The first kappa shape index (κ1) is 17.3. The number of carbonyl (C=O) groups is 1. The molecule has 0 radical (unpaired) electrons. The van der Waals surface area contributed by atoms with Gasteiger partial charge in [0.25, 0.3) is 0 Å². The molecule has 27 heavy (non-hydrogen) atoms. The largest absolute Gasteiger partial charge is 0.399 e. The van der Waals surface area contributed by atoms with Gasteiger partial charge in [-0.25, -0.2) is 4.98 Å². The number of nitrogens with one attached hydrogen (secondary N) is 1. The van der Waals surface area contributed by atoms with Crippen LogP contribution in [0.25, 0.3) is 11.3 Å². The maximum absolute atomic E-state index is 12.2. The lowest BCUT2D eigenvalue weighted by molar-refractivity contribution is -0.116. The van der Waals surface area contributed by atoms with Gasteiger partial charge in [-0.2, -0.15) is 0 Å². The van der Waals surface area contributed by atoms with Crippen LogP contribution in [-0.2, 0) is 24.2 Å². The summed E-state index contributed by atoms with van der Waals surface area (Å²) in [7, 11) is 0. The fraction of sp³-hybridized carbons (Fsp3) is 0.273. The van der Waals surface area contributed by atoms with Crippen LogP contribution >= 0.6 is 0 Å². The number of amides is 1. The highest BCUT2D eigenvalue weighted by atomic mass is 16.1. The Kier molecular flexibility index (Phi) is 4.92. The van der Waals surface area contributed by atoms with Crippen LogP contribution in [0, 0.1) is 0 Å². The molecule has 0 atom stereocenters. The van der Waals surface area contributed by atoms with E-state index in [2.05, 4.69) is 16.1 Å². The minimum atomic E-state index is -0.0107. The molecule has 0 saturated carbocycles. The number of imidazole rings is 1. The summed E-state index contributed by atoms with van der Waals surface area (Å²) in [5.74, 6) is 1.16. The van der Waals surface area contributed by atoms with Crippen LogP contribution in [0.15, 0.2) is 54.7 Å². The predicted octanol–water partition coefficient (Wildman–Crippen LogP) is 4.04. The summed E-state index contributed by atoms with van der Waals surface area (Å²) in [5, 5.41) is 2.95. The van der Waals surface area contributed by atoms with Gasteiger partial charge >= 0.3 is 0 Å². The smallest absolute Gasteiger partial charge is 0.224 e. The number of fused-ring (bicyclic) bond motifs is 1. The monoisotopic (exact) mass is 360 g/mol. The number of para-hydroxylation sites is 1. The van der Waals surface area contributed by atoms with E-state index in [1.165, 1.54) is 18.7 Å². The highest BCUT2D eigenvalue weighted by Gasteiger charge is 2.13. The number of aryl methyl sites for hydroxylation is 3. The Morgan fingerprint density at radius 2 is 1.93 bits per heavy atom. The Bertz CT molecular complexity index is 920. The summed E-state index contributed by atoms with van der Waals surface area (Å²) in [4.78, 5) is 17.0. The van der Waals surface area contributed by atoms with Crippen molar-refractivity contribution in [3.63, 3.8) is 0 Å². The zero-order valence-corrected chi connectivity index (χ0v) is 15.3. The van der Waals surface area contributed by atoms with Gasteiger partial charge in [-0.05, 0) is 43.0 Å². The molecule has 5 heteroatoms. The maximum atomic E-state index is 12.2. The molecule has 1 aliphatic heterocycles. The van der Waals surface area contributed by atoms with Crippen LogP contribution < -0.4 is 11.1 Å². The summed E-state index contributed by atoms with van der Waals surface area (Å²) in [6, 6.07) is 15.6. The van der Waals surface area contributed by atoms with Gasteiger partial charge in [0.2, 0.25) is 5.91 Å². The number of nitrogens with two attached hydrogens (primary N) is 1. The van der Waals surface area contributed by atoms with E-state index >= 15 is 0 Å². The Labute approximate surface area is 159 Å². The Balaban J connectivity index is 1.37. The molecule has 2 aromatic carbocycles. The van der Waals surface area contributed by atoms with Gasteiger partial charge in [0, 0.05) is 42.5 Å². The van der Waals surface area contributed by atoms with E-state index in [-0.39, 0.29) is 5.91 Å². The van der Waals surface area contributed by atoms with Crippen molar-refractivity contribution in [3.05, 3.63) is 66.1 Å². The van der Waals surface area contributed by atoms with Gasteiger partial charge in [-0.1, -0.05) is 30.3 Å². The second kappa shape index (κ2) is 7.66. The number of hydrogen-bond acceptors (Lipinski definition) is 3. The number of aromatic nitrogens is 2. The first-order chi connectivity index (χ1) is 13.2. The molecule has 5 nitrogen and oxygen atoms in total. The molecule has 1 amide bonds. The van der Waals surface area contributed by atoms with Gasteiger partial charge in [0.1, 0.15) is 5.82 Å². The molecule has 0 aliphatic carbocycles. The fourth-order valence-corrected chi connectivity index (χ4v) is 3.51. The minimum absolute atomic E-state index is 0.0107. The van der Waals surface area contributed by atoms with E-state index in [4.69, 9.17) is 10.7 Å². The van der Waals surface area contributed by atoms with Crippen molar-refractivity contribution < 1.29 is 4.79 Å². The second-order valence-corrected chi connectivity index (χ2v) is 7.02. The molecule has 1 aromatic heterocycles. The predicted molar refractivity (Wildman–Crippen MR) is 108 cm³/mol. The molecule has 1 aliphatic rings. The number of benzene rings is 2. The summed E-state index contributed by atoms with van der Waals surface area (Å²) < 4.78 is 2.25. The van der Waals surface area contributed by atoms with E-state index in [1.807, 2.05) is 48.5 Å². The van der Waals surface area contributed by atoms with Gasteiger partial charge in [0.15, 0.2) is 0 Å². The third-order valence-electron chi connectivity index (χ3n) is 5.05. The SMILES string of the molecule is Nc1ccccc1CCC(=O)Nc1ccc(-c2cn3c(n2)CCCC3)cc1. The van der Waals surface area contributed by atoms with Crippen molar-refractivity contribution in [3.8, 4) is 11.3 Å². The first-order valence-corrected chi connectivity index (χ1v) is 9.49. The Hall–Kier alpha value is -3.08. The quantitative estimate of drug-likeness (QED) is 0.675. The molecule has 0 spiro atoms. The summed E-state index contributed by atoms with van der Waals surface area (Å²) >= 11 is 0. The molecule has 0 bridgehead atoms. The van der Waals surface area contributed by atoms with Crippen molar-refractivity contribution >= 4 is 17.3 Å². The number of carbonyl (C=O) groups excluding carboxylic acids is 1. The fourth-order valence-electron chi connectivity index (χ4n) is 3.51. The van der Waals surface area contributed by atoms with Crippen molar-refractivity contribution in [1.29, 1.82) is 0 Å². The lowest BCUT2D eigenvalue weighted by Gasteiger charge is -2.11. The molecular formula is C22H24N4O. The summed E-state index contributed by atoms with van der Waals surface area (Å²) in [6.45, 7) is 1.06. The highest BCUT2D eigenvalue weighted by molar-refractivity contribution is 5.91. The lowest BCUT2D eigenvalue weighted by Crippen LogP contribution is -2.12. The number of nitrogens with zero attached hydrogens (tertiary/aromatic N) is 2. The van der Waals surface area contributed by atoms with Gasteiger partial charge in [-0.3, -0.25) is 4.79 Å². The van der Waals surface area contributed by atoms with Crippen LogP contribution in [0.1, 0.15) is 30.7 Å². The molecule has 0 unspecified atom stereocenters. The van der Waals surface area contributed by atoms with Crippen molar-refractivity contribution in [2.24, 2.45) is 0 Å².